The molecule has 1 saturated carbocycles. The standard InChI is InChI=1S/C25H25ClF2N6O/c26-18-5-2-16(3-6-18)15-31-25(34-23(35)17-4-11-21(27)22(28)14-17)33-20-9-7-19(8-10-20)32-24-29-12-1-13-30-24/h1-6,11-14,19-20H,7-10,15H2,(H,29,30,32)(H2,31,33,34,35)/t19-,20-. The van der Waals surface area contributed by atoms with Gasteiger partial charge in [-0.25, -0.2) is 18.7 Å². The Bertz CT molecular complexity index is 1170. The third kappa shape index (κ3) is 7.19. The molecule has 3 N–H and O–H groups in total. The number of nitrogens with one attached hydrogen (secondary N) is 3. The molecule has 7 nitrogen and oxygen atoms in total. The van der Waals surface area contributed by atoms with Crippen LogP contribution in [0, 0.1) is 11.6 Å². The van der Waals surface area contributed by atoms with Gasteiger partial charge in [0.15, 0.2) is 17.6 Å². The van der Waals surface area contributed by atoms with Crippen LogP contribution in [0.5, 0.6) is 0 Å². The number of aliphatic imine (C=N–C) groups is 1. The third-order valence-electron chi connectivity index (χ3n) is 5.72. The average molecular weight is 499 g/mol. The van der Waals surface area contributed by atoms with Crippen molar-refractivity contribution in [1.29, 1.82) is 0 Å². The molecular formula is C25H25ClF2N6O. The maximum Gasteiger partial charge on any atom is 0.280 e. The molecule has 0 saturated heterocycles. The van der Waals surface area contributed by atoms with Crippen molar-refractivity contribution in [3.63, 3.8) is 0 Å². The Hall–Kier alpha value is -3.59. The largest absolute Gasteiger partial charge is 0.353 e. The van der Waals surface area contributed by atoms with E-state index in [4.69, 9.17) is 11.6 Å². The normalized spacial score (nSPS) is 18.1. The van der Waals surface area contributed by atoms with E-state index in [2.05, 4.69) is 30.9 Å². The SMILES string of the molecule is O=C(/N=C(/NCc1ccc(Cl)cc1)N[C@H]1CC[C@H](Nc2ncccn2)CC1)c1ccc(F)c(F)c1. The van der Waals surface area contributed by atoms with E-state index in [9.17, 15) is 13.6 Å². The summed E-state index contributed by atoms with van der Waals surface area (Å²) in [6, 6.07) is 12.4. The number of nitrogens with zero attached hydrogens (tertiary/aromatic N) is 3. The molecule has 0 aliphatic heterocycles. The Morgan fingerprint density at radius 2 is 1.66 bits per heavy atom. The van der Waals surface area contributed by atoms with Crippen LogP contribution in [0.2, 0.25) is 5.02 Å². The van der Waals surface area contributed by atoms with E-state index in [-0.39, 0.29) is 23.6 Å². The fraction of sp³-hybridized carbons (Fsp3) is 0.280. The van der Waals surface area contributed by atoms with Crippen molar-refractivity contribution in [1.82, 2.24) is 20.6 Å². The molecule has 2 aromatic carbocycles. The van der Waals surface area contributed by atoms with Crippen molar-refractivity contribution in [3.8, 4) is 0 Å². The van der Waals surface area contributed by atoms with Gasteiger partial charge in [0.25, 0.3) is 5.91 Å². The fourth-order valence-corrected chi connectivity index (χ4v) is 3.96. The first-order valence-corrected chi connectivity index (χ1v) is 11.7. The Labute approximate surface area is 207 Å². The van der Waals surface area contributed by atoms with E-state index in [0.29, 0.717) is 17.5 Å². The lowest BCUT2D eigenvalue weighted by molar-refractivity contribution is 0.100. The van der Waals surface area contributed by atoms with Crippen molar-refractivity contribution in [3.05, 3.63) is 88.7 Å². The molecule has 1 aliphatic carbocycles. The highest BCUT2D eigenvalue weighted by molar-refractivity contribution is 6.30. The summed E-state index contributed by atoms with van der Waals surface area (Å²) in [5, 5.41) is 10.4. The Kier molecular flexibility index (Phi) is 8.20. The molecule has 4 rings (SSSR count). The fourth-order valence-electron chi connectivity index (χ4n) is 3.84. The number of rotatable bonds is 6. The van der Waals surface area contributed by atoms with Crippen LogP contribution in [0.3, 0.4) is 0 Å². The van der Waals surface area contributed by atoms with Gasteiger partial charge in [-0.15, -0.1) is 0 Å². The minimum absolute atomic E-state index is 0.0349. The smallest absolute Gasteiger partial charge is 0.280 e. The van der Waals surface area contributed by atoms with Gasteiger partial charge in [0.2, 0.25) is 5.95 Å². The van der Waals surface area contributed by atoms with Crippen LogP contribution >= 0.6 is 11.6 Å². The summed E-state index contributed by atoms with van der Waals surface area (Å²) in [6.45, 7) is 0.399. The number of benzene rings is 2. The van der Waals surface area contributed by atoms with Crippen molar-refractivity contribution < 1.29 is 13.6 Å². The first-order valence-electron chi connectivity index (χ1n) is 11.3. The van der Waals surface area contributed by atoms with Crippen LogP contribution in [0.4, 0.5) is 14.7 Å². The van der Waals surface area contributed by atoms with Crippen LogP contribution < -0.4 is 16.0 Å². The minimum Gasteiger partial charge on any atom is -0.353 e. The maximum absolute atomic E-state index is 13.6. The van der Waals surface area contributed by atoms with Gasteiger partial charge in [0, 0.05) is 41.6 Å². The van der Waals surface area contributed by atoms with Crippen LogP contribution in [-0.2, 0) is 6.54 Å². The molecule has 0 spiro atoms. The van der Waals surface area contributed by atoms with Gasteiger partial charge in [0.1, 0.15) is 0 Å². The number of hydrogen-bond acceptors (Lipinski definition) is 4. The monoisotopic (exact) mass is 498 g/mol. The molecule has 3 aromatic rings. The molecule has 10 heteroatoms. The molecule has 182 valence electrons. The highest BCUT2D eigenvalue weighted by Gasteiger charge is 2.23. The summed E-state index contributed by atoms with van der Waals surface area (Å²) in [4.78, 5) is 25.2. The molecule has 1 fully saturated rings. The number of carbonyl (C=O) groups excluding carboxylic acids is 1. The number of anilines is 1. The molecular weight excluding hydrogens is 474 g/mol. The Morgan fingerprint density at radius 3 is 2.34 bits per heavy atom. The van der Waals surface area contributed by atoms with Gasteiger partial charge < -0.3 is 16.0 Å². The van der Waals surface area contributed by atoms with Crippen molar-refractivity contribution in [2.24, 2.45) is 4.99 Å². The minimum atomic E-state index is -1.09. The first-order chi connectivity index (χ1) is 17.0. The van der Waals surface area contributed by atoms with E-state index < -0.39 is 17.5 Å². The molecule has 0 unspecified atom stereocenters. The lowest BCUT2D eigenvalue weighted by Gasteiger charge is -2.30. The van der Waals surface area contributed by atoms with Crippen molar-refractivity contribution in [2.45, 2.75) is 44.3 Å². The first kappa shape index (κ1) is 24.5. The summed E-state index contributed by atoms with van der Waals surface area (Å²) in [5.41, 5.74) is 0.909. The molecule has 35 heavy (non-hydrogen) atoms. The zero-order valence-electron chi connectivity index (χ0n) is 18.8. The second-order valence-corrected chi connectivity index (χ2v) is 8.72. The predicted octanol–water partition coefficient (Wildman–Crippen LogP) is 4.71. The quantitative estimate of drug-likeness (QED) is 0.337. The van der Waals surface area contributed by atoms with E-state index in [1.807, 2.05) is 12.1 Å². The van der Waals surface area contributed by atoms with Crippen molar-refractivity contribution >= 4 is 29.4 Å². The number of amides is 1. The van der Waals surface area contributed by atoms with E-state index in [0.717, 1.165) is 43.4 Å². The van der Waals surface area contributed by atoms with Gasteiger partial charge >= 0.3 is 0 Å². The Morgan fingerprint density at radius 1 is 0.971 bits per heavy atom. The van der Waals surface area contributed by atoms with Gasteiger partial charge in [-0.05, 0) is 67.6 Å². The molecule has 1 heterocycles. The highest BCUT2D eigenvalue weighted by atomic mass is 35.5. The van der Waals surface area contributed by atoms with Crippen molar-refractivity contribution in [2.75, 3.05) is 5.32 Å². The molecule has 1 aliphatic rings. The topological polar surface area (TPSA) is 91.3 Å². The third-order valence-corrected chi connectivity index (χ3v) is 5.97. The zero-order chi connectivity index (χ0) is 24.6. The Balaban J connectivity index is 1.41. The molecule has 1 aromatic heterocycles. The lowest BCUT2D eigenvalue weighted by atomic mass is 9.91. The lowest BCUT2D eigenvalue weighted by Crippen LogP contribution is -2.46. The van der Waals surface area contributed by atoms with Gasteiger partial charge in [-0.3, -0.25) is 4.79 Å². The number of aromatic nitrogens is 2. The summed E-state index contributed by atoms with van der Waals surface area (Å²) in [7, 11) is 0. The van der Waals surface area contributed by atoms with E-state index in [1.54, 1.807) is 30.6 Å². The molecule has 0 bridgehead atoms. The summed E-state index contributed by atoms with van der Waals surface area (Å²) >= 11 is 5.96. The molecule has 1 amide bonds. The zero-order valence-corrected chi connectivity index (χ0v) is 19.6. The van der Waals surface area contributed by atoms with E-state index in [1.165, 1.54) is 6.07 Å². The second kappa shape index (κ2) is 11.7. The average Bonchev–Trinajstić information content (AvgIpc) is 2.87. The number of carbonyl (C=O) groups is 1. The number of guanidine groups is 1. The van der Waals surface area contributed by atoms with Gasteiger partial charge in [-0.2, -0.15) is 4.99 Å². The van der Waals surface area contributed by atoms with Crippen LogP contribution in [0.1, 0.15) is 41.6 Å². The molecule has 0 radical (unpaired) electrons. The highest BCUT2D eigenvalue weighted by Crippen LogP contribution is 2.21. The molecule has 0 atom stereocenters. The summed E-state index contributed by atoms with van der Waals surface area (Å²) in [5.74, 6) is -1.91. The maximum atomic E-state index is 13.6. The number of halogens is 3. The van der Waals surface area contributed by atoms with Crippen LogP contribution in [0.25, 0.3) is 0 Å². The van der Waals surface area contributed by atoms with Crippen LogP contribution in [0.15, 0.2) is 65.9 Å². The number of hydrogen-bond donors (Lipinski definition) is 3. The summed E-state index contributed by atoms with van der Waals surface area (Å²) < 4.78 is 26.9. The van der Waals surface area contributed by atoms with E-state index >= 15 is 0 Å². The van der Waals surface area contributed by atoms with Gasteiger partial charge in [-0.1, -0.05) is 23.7 Å². The summed E-state index contributed by atoms with van der Waals surface area (Å²) in [6.07, 6.45) is 6.84. The van der Waals surface area contributed by atoms with Crippen LogP contribution in [-0.4, -0.2) is 33.9 Å². The van der Waals surface area contributed by atoms with Gasteiger partial charge in [0.05, 0.1) is 0 Å². The predicted molar refractivity (Wildman–Crippen MR) is 131 cm³/mol. The second-order valence-electron chi connectivity index (χ2n) is 8.28.